The summed E-state index contributed by atoms with van der Waals surface area (Å²) in [5, 5.41) is 13.8. The van der Waals surface area contributed by atoms with E-state index in [9.17, 15) is 9.59 Å². The van der Waals surface area contributed by atoms with E-state index >= 15 is 0 Å². The van der Waals surface area contributed by atoms with Crippen molar-refractivity contribution in [3.05, 3.63) is 42.7 Å². The number of nitrogens with zero attached hydrogens (tertiary/aromatic N) is 1. The van der Waals surface area contributed by atoms with Crippen LogP contribution in [0.5, 0.6) is 0 Å². The van der Waals surface area contributed by atoms with E-state index in [2.05, 4.69) is 22.2 Å². The van der Waals surface area contributed by atoms with Gasteiger partial charge in [0, 0.05) is 18.9 Å². The zero-order valence-electron chi connectivity index (χ0n) is 9.80. The van der Waals surface area contributed by atoms with Crippen LogP contribution >= 0.6 is 0 Å². The summed E-state index contributed by atoms with van der Waals surface area (Å²) in [5.74, 6) is -1.09. The molecule has 0 aliphatic carbocycles. The predicted octanol–water partition coefficient (Wildman–Crippen LogP) is 0.910. The van der Waals surface area contributed by atoms with E-state index in [4.69, 9.17) is 5.11 Å². The molecule has 0 bridgehead atoms. The summed E-state index contributed by atoms with van der Waals surface area (Å²) in [6, 6.07) is 2.04. The van der Waals surface area contributed by atoms with Crippen molar-refractivity contribution in [1.82, 2.24) is 15.6 Å². The highest BCUT2D eigenvalue weighted by Gasteiger charge is 2.17. The first-order chi connectivity index (χ1) is 8.63. The number of carboxylic acid groups (broad SMARTS) is 1. The number of carbonyl (C=O) groups is 2. The summed E-state index contributed by atoms with van der Waals surface area (Å²) < 4.78 is 0. The fraction of sp³-hybridized carbons (Fsp3) is 0.250. The van der Waals surface area contributed by atoms with Crippen LogP contribution in [-0.4, -0.2) is 28.1 Å². The van der Waals surface area contributed by atoms with Gasteiger partial charge in [0.05, 0.1) is 0 Å². The van der Waals surface area contributed by atoms with Gasteiger partial charge in [0.25, 0.3) is 0 Å². The van der Waals surface area contributed by atoms with Crippen molar-refractivity contribution in [3.8, 4) is 0 Å². The summed E-state index contributed by atoms with van der Waals surface area (Å²) in [4.78, 5) is 26.1. The minimum Gasteiger partial charge on any atom is -0.480 e. The van der Waals surface area contributed by atoms with E-state index in [1.165, 1.54) is 6.08 Å². The first kappa shape index (κ1) is 13.7. The first-order valence-electron chi connectivity index (χ1n) is 5.40. The summed E-state index contributed by atoms with van der Waals surface area (Å²) in [6.07, 6.45) is 4.86. The fourth-order valence-corrected chi connectivity index (χ4v) is 1.28. The van der Waals surface area contributed by atoms with E-state index in [1.54, 1.807) is 24.5 Å². The fourth-order valence-electron chi connectivity index (χ4n) is 1.28. The SMILES string of the molecule is C=CCC(NC(=O)NCc1ccncc1)C(=O)O. The Labute approximate surface area is 105 Å². The highest BCUT2D eigenvalue weighted by molar-refractivity contribution is 5.82. The molecular weight excluding hydrogens is 234 g/mol. The summed E-state index contributed by atoms with van der Waals surface area (Å²) in [6.45, 7) is 3.76. The molecule has 0 aromatic carbocycles. The standard InChI is InChI=1S/C12H15N3O3/c1-2-3-10(11(16)17)15-12(18)14-8-9-4-6-13-7-5-9/h2,4-7,10H,1,3,8H2,(H,16,17)(H2,14,15,18). The van der Waals surface area contributed by atoms with Crippen molar-refractivity contribution in [2.24, 2.45) is 0 Å². The monoisotopic (exact) mass is 249 g/mol. The van der Waals surface area contributed by atoms with Gasteiger partial charge in [-0.25, -0.2) is 9.59 Å². The minimum atomic E-state index is -1.09. The lowest BCUT2D eigenvalue weighted by atomic mass is 10.2. The van der Waals surface area contributed by atoms with Crippen LogP contribution in [0.3, 0.4) is 0 Å². The number of carbonyl (C=O) groups excluding carboxylic acids is 1. The van der Waals surface area contributed by atoms with Crippen molar-refractivity contribution in [2.45, 2.75) is 19.0 Å². The Hall–Kier alpha value is -2.37. The Morgan fingerprint density at radius 3 is 2.67 bits per heavy atom. The van der Waals surface area contributed by atoms with Crippen molar-refractivity contribution >= 4 is 12.0 Å². The molecule has 0 spiro atoms. The Bertz CT molecular complexity index is 420. The van der Waals surface area contributed by atoms with Crippen LogP contribution in [0.2, 0.25) is 0 Å². The van der Waals surface area contributed by atoms with Gasteiger partial charge in [0.15, 0.2) is 0 Å². The van der Waals surface area contributed by atoms with Crippen LogP contribution in [0.25, 0.3) is 0 Å². The molecule has 0 aliphatic heterocycles. The molecule has 1 aromatic heterocycles. The number of amides is 2. The second-order valence-electron chi connectivity index (χ2n) is 3.60. The number of hydrogen-bond acceptors (Lipinski definition) is 3. The molecule has 18 heavy (non-hydrogen) atoms. The smallest absolute Gasteiger partial charge is 0.326 e. The Kier molecular flexibility index (Phi) is 5.37. The van der Waals surface area contributed by atoms with Crippen LogP contribution in [0.15, 0.2) is 37.2 Å². The van der Waals surface area contributed by atoms with Crippen LogP contribution in [-0.2, 0) is 11.3 Å². The van der Waals surface area contributed by atoms with E-state index in [0.29, 0.717) is 6.54 Å². The molecule has 96 valence electrons. The second-order valence-corrected chi connectivity index (χ2v) is 3.60. The van der Waals surface area contributed by atoms with Gasteiger partial charge in [-0.3, -0.25) is 4.98 Å². The van der Waals surface area contributed by atoms with Gasteiger partial charge in [-0.05, 0) is 24.1 Å². The van der Waals surface area contributed by atoms with Gasteiger partial charge in [0.2, 0.25) is 0 Å². The normalized spacial score (nSPS) is 11.3. The first-order valence-corrected chi connectivity index (χ1v) is 5.40. The lowest BCUT2D eigenvalue weighted by Gasteiger charge is -2.13. The number of nitrogens with one attached hydrogen (secondary N) is 2. The molecule has 1 atom stereocenters. The van der Waals surface area contributed by atoms with Crippen LogP contribution in [0.4, 0.5) is 4.79 Å². The average Bonchev–Trinajstić information content (AvgIpc) is 2.37. The van der Waals surface area contributed by atoms with Crippen molar-refractivity contribution in [3.63, 3.8) is 0 Å². The third kappa shape index (κ3) is 4.65. The third-order valence-corrected chi connectivity index (χ3v) is 2.21. The van der Waals surface area contributed by atoms with Gasteiger partial charge in [-0.1, -0.05) is 6.08 Å². The minimum absolute atomic E-state index is 0.179. The predicted molar refractivity (Wildman–Crippen MR) is 65.8 cm³/mol. The number of aromatic nitrogens is 1. The summed E-state index contributed by atoms with van der Waals surface area (Å²) >= 11 is 0. The van der Waals surface area contributed by atoms with Crippen molar-refractivity contribution in [1.29, 1.82) is 0 Å². The lowest BCUT2D eigenvalue weighted by molar-refractivity contribution is -0.139. The molecule has 6 heteroatoms. The molecule has 0 aliphatic rings. The number of rotatable bonds is 6. The molecule has 3 N–H and O–H groups in total. The van der Waals surface area contributed by atoms with E-state index in [-0.39, 0.29) is 6.42 Å². The summed E-state index contributed by atoms with van der Waals surface area (Å²) in [7, 11) is 0. The molecule has 0 saturated heterocycles. The van der Waals surface area contributed by atoms with Crippen LogP contribution in [0.1, 0.15) is 12.0 Å². The molecular formula is C12H15N3O3. The Morgan fingerprint density at radius 2 is 2.11 bits per heavy atom. The van der Waals surface area contributed by atoms with Crippen molar-refractivity contribution < 1.29 is 14.7 Å². The third-order valence-electron chi connectivity index (χ3n) is 2.21. The molecule has 2 amide bonds. The topological polar surface area (TPSA) is 91.3 Å². The Morgan fingerprint density at radius 1 is 1.44 bits per heavy atom. The number of aliphatic carboxylic acids is 1. The molecule has 0 fully saturated rings. The summed E-state index contributed by atoms with van der Waals surface area (Å²) in [5.41, 5.74) is 0.885. The molecule has 1 aromatic rings. The second kappa shape index (κ2) is 7.05. The molecule has 6 nitrogen and oxygen atoms in total. The maximum absolute atomic E-state index is 11.5. The van der Waals surface area contributed by atoms with Gasteiger partial charge in [0.1, 0.15) is 6.04 Å². The maximum Gasteiger partial charge on any atom is 0.326 e. The quantitative estimate of drug-likeness (QED) is 0.653. The van der Waals surface area contributed by atoms with E-state index < -0.39 is 18.0 Å². The Balaban J connectivity index is 2.41. The van der Waals surface area contributed by atoms with Gasteiger partial charge in [-0.15, -0.1) is 6.58 Å². The number of pyridine rings is 1. The number of hydrogen-bond donors (Lipinski definition) is 3. The largest absolute Gasteiger partial charge is 0.480 e. The molecule has 0 saturated carbocycles. The van der Waals surface area contributed by atoms with E-state index in [0.717, 1.165) is 5.56 Å². The zero-order chi connectivity index (χ0) is 13.4. The highest BCUT2D eigenvalue weighted by atomic mass is 16.4. The van der Waals surface area contributed by atoms with Crippen LogP contribution in [0, 0.1) is 0 Å². The average molecular weight is 249 g/mol. The maximum atomic E-state index is 11.5. The van der Waals surface area contributed by atoms with Gasteiger partial charge < -0.3 is 15.7 Å². The van der Waals surface area contributed by atoms with E-state index in [1.807, 2.05) is 0 Å². The van der Waals surface area contributed by atoms with Crippen LogP contribution < -0.4 is 10.6 Å². The van der Waals surface area contributed by atoms with Crippen molar-refractivity contribution in [2.75, 3.05) is 0 Å². The van der Waals surface area contributed by atoms with Gasteiger partial charge >= 0.3 is 12.0 Å². The lowest BCUT2D eigenvalue weighted by Crippen LogP contribution is -2.45. The molecule has 0 radical (unpaired) electrons. The highest BCUT2D eigenvalue weighted by Crippen LogP contribution is 1.96. The molecule has 1 heterocycles. The molecule has 1 unspecified atom stereocenters. The number of carboxylic acids is 1. The van der Waals surface area contributed by atoms with Gasteiger partial charge in [-0.2, -0.15) is 0 Å². The number of urea groups is 1. The molecule has 1 rings (SSSR count). The zero-order valence-corrected chi connectivity index (χ0v) is 9.80.